The van der Waals surface area contributed by atoms with E-state index in [0.29, 0.717) is 17.9 Å². The van der Waals surface area contributed by atoms with E-state index < -0.39 is 7.37 Å². The van der Waals surface area contributed by atoms with Crippen LogP contribution in [0.3, 0.4) is 0 Å². The van der Waals surface area contributed by atoms with Crippen LogP contribution in [0.1, 0.15) is 71.1 Å². The van der Waals surface area contributed by atoms with Gasteiger partial charge in [-0.3, -0.25) is 4.57 Å². The Labute approximate surface area is 106 Å². The summed E-state index contributed by atoms with van der Waals surface area (Å²) >= 11 is 0. The fraction of sp³-hybridized carbons (Fsp3) is 1.00. The van der Waals surface area contributed by atoms with Crippen LogP contribution >= 0.6 is 7.37 Å². The Morgan fingerprint density at radius 2 is 1.29 bits per heavy atom. The molecule has 0 atom stereocenters. The highest BCUT2D eigenvalue weighted by atomic mass is 31.2. The summed E-state index contributed by atoms with van der Waals surface area (Å²) in [6.45, 7) is 2.63. The van der Waals surface area contributed by atoms with Gasteiger partial charge in [0.05, 0.1) is 6.61 Å². The van der Waals surface area contributed by atoms with Crippen molar-refractivity contribution in [1.82, 2.24) is 0 Å². The van der Waals surface area contributed by atoms with Gasteiger partial charge in [0.25, 0.3) is 0 Å². The number of rotatable bonds is 4. The van der Waals surface area contributed by atoms with Crippen molar-refractivity contribution in [2.24, 2.45) is 0 Å². The lowest BCUT2D eigenvalue weighted by Gasteiger charge is -2.37. The van der Waals surface area contributed by atoms with E-state index in [4.69, 9.17) is 4.52 Å². The molecule has 0 N–H and O–H groups in total. The van der Waals surface area contributed by atoms with Gasteiger partial charge in [0.1, 0.15) is 0 Å². The lowest BCUT2D eigenvalue weighted by atomic mass is 10.00. The third kappa shape index (κ3) is 3.15. The average molecular weight is 258 g/mol. The maximum absolute atomic E-state index is 13.3. The normalized spacial score (nSPS) is 25.0. The van der Waals surface area contributed by atoms with Crippen LogP contribution in [-0.2, 0) is 9.09 Å². The largest absolute Gasteiger partial charge is 0.328 e. The second-order valence-electron chi connectivity index (χ2n) is 5.65. The molecule has 0 amide bonds. The van der Waals surface area contributed by atoms with Crippen LogP contribution in [0.25, 0.3) is 0 Å². The molecule has 3 heteroatoms. The predicted octanol–water partition coefficient (Wildman–Crippen LogP) is 4.97. The molecule has 0 bridgehead atoms. The van der Waals surface area contributed by atoms with E-state index in [2.05, 4.69) is 0 Å². The van der Waals surface area contributed by atoms with Crippen molar-refractivity contribution in [2.45, 2.75) is 82.4 Å². The van der Waals surface area contributed by atoms with Crippen LogP contribution < -0.4 is 0 Å². The Bertz CT molecular complexity index is 243. The zero-order valence-corrected chi connectivity index (χ0v) is 12.1. The zero-order valence-electron chi connectivity index (χ0n) is 11.2. The van der Waals surface area contributed by atoms with Crippen molar-refractivity contribution in [2.75, 3.05) is 6.61 Å². The zero-order chi connectivity index (χ0) is 12.1. The average Bonchev–Trinajstić information content (AvgIpc) is 2.41. The van der Waals surface area contributed by atoms with E-state index in [1.54, 1.807) is 0 Å². The highest BCUT2D eigenvalue weighted by Crippen LogP contribution is 2.63. The number of hydrogen-bond donors (Lipinski definition) is 0. The minimum absolute atomic E-state index is 0.388. The quantitative estimate of drug-likeness (QED) is 0.666. The fourth-order valence-electron chi connectivity index (χ4n) is 3.59. The molecule has 17 heavy (non-hydrogen) atoms. The smallest absolute Gasteiger partial charge is 0.209 e. The second kappa shape index (κ2) is 6.38. The molecule has 0 aromatic heterocycles. The lowest BCUT2D eigenvalue weighted by Crippen LogP contribution is -2.24. The van der Waals surface area contributed by atoms with E-state index in [1.807, 2.05) is 6.92 Å². The molecule has 0 aromatic rings. The lowest BCUT2D eigenvalue weighted by molar-refractivity contribution is 0.296. The van der Waals surface area contributed by atoms with Gasteiger partial charge in [0, 0.05) is 11.3 Å². The molecule has 2 rings (SSSR count). The van der Waals surface area contributed by atoms with E-state index in [9.17, 15) is 4.57 Å². The number of hydrogen-bond acceptors (Lipinski definition) is 2. The molecule has 0 aliphatic heterocycles. The van der Waals surface area contributed by atoms with Crippen molar-refractivity contribution in [1.29, 1.82) is 0 Å². The summed E-state index contributed by atoms with van der Waals surface area (Å²) in [5.74, 6) is 0. The van der Waals surface area contributed by atoms with E-state index in [-0.39, 0.29) is 0 Å². The summed E-state index contributed by atoms with van der Waals surface area (Å²) in [7, 11) is -2.37. The Morgan fingerprint density at radius 3 is 1.65 bits per heavy atom. The van der Waals surface area contributed by atoms with Gasteiger partial charge in [-0.2, -0.15) is 0 Å². The van der Waals surface area contributed by atoms with Crippen LogP contribution in [0.5, 0.6) is 0 Å². The monoisotopic (exact) mass is 258 g/mol. The molecule has 0 radical (unpaired) electrons. The second-order valence-corrected chi connectivity index (χ2v) is 8.66. The molecule has 0 unspecified atom stereocenters. The standard InChI is InChI=1S/C14H27O2P/c1-2-16-17(15,13-9-5-3-6-10-13)14-11-7-4-8-12-14/h13-14H,2-12H2,1H3. The predicted molar refractivity (Wildman–Crippen MR) is 73.0 cm³/mol. The van der Waals surface area contributed by atoms with Gasteiger partial charge in [-0.1, -0.05) is 38.5 Å². The fourth-order valence-corrected chi connectivity index (χ4v) is 7.18. The topological polar surface area (TPSA) is 26.3 Å². The van der Waals surface area contributed by atoms with E-state index >= 15 is 0 Å². The summed E-state index contributed by atoms with van der Waals surface area (Å²) in [5.41, 5.74) is 0.776. The SMILES string of the molecule is CCOP(=O)(C1CCCCC1)C1CCCCC1. The van der Waals surface area contributed by atoms with Gasteiger partial charge in [0.15, 0.2) is 0 Å². The molecular formula is C14H27O2P. The maximum atomic E-state index is 13.3. The third-order valence-corrected chi connectivity index (χ3v) is 8.23. The third-order valence-electron chi connectivity index (χ3n) is 4.50. The van der Waals surface area contributed by atoms with Gasteiger partial charge in [-0.05, 0) is 32.6 Å². The van der Waals surface area contributed by atoms with Gasteiger partial charge in [-0.15, -0.1) is 0 Å². The molecular weight excluding hydrogens is 231 g/mol. The molecule has 2 fully saturated rings. The summed E-state index contributed by atoms with van der Waals surface area (Å²) in [6.07, 6.45) is 12.3. The molecule has 100 valence electrons. The molecule has 2 nitrogen and oxygen atoms in total. The minimum atomic E-state index is -2.37. The van der Waals surface area contributed by atoms with Crippen LogP contribution in [0.4, 0.5) is 0 Å². The first-order valence-electron chi connectivity index (χ1n) is 7.51. The molecule has 2 aliphatic carbocycles. The molecule has 2 aliphatic rings. The first-order valence-corrected chi connectivity index (χ1v) is 9.27. The summed E-state index contributed by atoms with van der Waals surface area (Å²) in [6, 6.07) is 0. The first kappa shape index (κ1) is 13.6. The Kier molecular flexibility index (Phi) is 5.11. The molecule has 2 saturated carbocycles. The minimum Gasteiger partial charge on any atom is -0.328 e. The van der Waals surface area contributed by atoms with Gasteiger partial charge in [-0.25, -0.2) is 0 Å². The van der Waals surface area contributed by atoms with Gasteiger partial charge >= 0.3 is 0 Å². The highest BCUT2D eigenvalue weighted by Gasteiger charge is 2.41. The molecule has 0 spiro atoms. The summed E-state index contributed by atoms with van der Waals surface area (Å²) < 4.78 is 19.2. The van der Waals surface area contributed by atoms with Crippen molar-refractivity contribution in [3.63, 3.8) is 0 Å². The van der Waals surface area contributed by atoms with Crippen molar-refractivity contribution in [3.8, 4) is 0 Å². The summed E-state index contributed by atoms with van der Waals surface area (Å²) in [4.78, 5) is 0. The highest BCUT2D eigenvalue weighted by molar-refractivity contribution is 7.60. The Morgan fingerprint density at radius 1 is 0.882 bits per heavy atom. The van der Waals surface area contributed by atoms with Crippen LogP contribution in [0, 0.1) is 0 Å². The maximum Gasteiger partial charge on any atom is 0.209 e. The van der Waals surface area contributed by atoms with Crippen molar-refractivity contribution in [3.05, 3.63) is 0 Å². The Balaban J connectivity index is 2.08. The molecule has 0 heterocycles. The molecule has 0 aromatic carbocycles. The van der Waals surface area contributed by atoms with Crippen LogP contribution in [-0.4, -0.2) is 17.9 Å². The summed E-state index contributed by atoms with van der Waals surface area (Å²) in [5, 5.41) is 0. The van der Waals surface area contributed by atoms with Gasteiger partial charge in [0.2, 0.25) is 7.37 Å². The van der Waals surface area contributed by atoms with E-state index in [1.165, 1.54) is 38.5 Å². The van der Waals surface area contributed by atoms with Gasteiger partial charge < -0.3 is 4.52 Å². The van der Waals surface area contributed by atoms with Crippen LogP contribution in [0.15, 0.2) is 0 Å². The Hall–Kier alpha value is 0.190. The molecule has 0 saturated heterocycles. The van der Waals surface area contributed by atoms with Crippen molar-refractivity contribution >= 4 is 7.37 Å². The van der Waals surface area contributed by atoms with Crippen LogP contribution in [0.2, 0.25) is 0 Å². The first-order chi connectivity index (χ1) is 8.27. The van der Waals surface area contributed by atoms with E-state index in [0.717, 1.165) is 25.7 Å². The van der Waals surface area contributed by atoms with Crippen molar-refractivity contribution < 1.29 is 9.09 Å².